The second-order valence-corrected chi connectivity index (χ2v) is 10.2. The van der Waals surface area contributed by atoms with Gasteiger partial charge in [-0.15, -0.1) is 0 Å². The third kappa shape index (κ3) is 6.69. The highest BCUT2D eigenvalue weighted by molar-refractivity contribution is 6.33. The maximum atomic E-state index is 12.0. The van der Waals surface area contributed by atoms with E-state index in [2.05, 4.69) is 5.32 Å². The number of amides is 1. The Bertz CT molecular complexity index is 971. The number of carbonyl (C=O) groups is 1. The van der Waals surface area contributed by atoms with Crippen molar-refractivity contribution in [2.45, 2.75) is 51.0 Å². The lowest BCUT2D eigenvalue weighted by molar-refractivity contribution is 0.0292. The summed E-state index contributed by atoms with van der Waals surface area (Å²) in [6.45, 7) is 8.77. The van der Waals surface area contributed by atoms with E-state index in [0.29, 0.717) is 29.1 Å². The Hall–Kier alpha value is -2.15. The lowest BCUT2D eigenvalue weighted by Crippen LogP contribution is -2.35. The molecule has 2 saturated heterocycles. The van der Waals surface area contributed by atoms with Gasteiger partial charge in [0.15, 0.2) is 0 Å². The Kier molecular flexibility index (Phi) is 8.38. The number of phenolic OH excluding ortho intramolecular Hbond substituents is 2. The first-order valence-corrected chi connectivity index (χ1v) is 12.0. The van der Waals surface area contributed by atoms with Gasteiger partial charge in [-0.2, -0.15) is 0 Å². The third-order valence-electron chi connectivity index (χ3n) is 5.80. The van der Waals surface area contributed by atoms with Gasteiger partial charge in [-0.3, -0.25) is 0 Å². The van der Waals surface area contributed by atoms with E-state index in [1.54, 1.807) is 23.1 Å². The molecule has 0 radical (unpaired) electrons. The number of aromatic hydroxyl groups is 2. The molecule has 2 fully saturated rings. The van der Waals surface area contributed by atoms with Crippen LogP contribution in [0, 0.1) is 0 Å². The molecule has 180 valence electrons. The van der Waals surface area contributed by atoms with Gasteiger partial charge in [-0.05, 0) is 69.3 Å². The molecule has 0 saturated carbocycles. The fourth-order valence-corrected chi connectivity index (χ4v) is 4.69. The minimum Gasteiger partial charge on any atom is -0.506 e. The van der Waals surface area contributed by atoms with E-state index in [0.717, 1.165) is 37.1 Å². The molecule has 0 bridgehead atoms. The molecule has 2 unspecified atom stereocenters. The standard InChI is InChI=1S/C15H20ClNO3.C10H12ClNO/c1-15(2,3)20-14(19)17-8-7-10(9-17)11-5-4-6-12(18)13(11)16;11-10-8(2-1-3-9(10)13)7-4-5-12-6-7/h4-6,10,18H,7-9H2,1-3H3;1-3,7,12-13H,4-6H2. The largest absolute Gasteiger partial charge is 0.506 e. The van der Waals surface area contributed by atoms with E-state index in [-0.39, 0.29) is 23.5 Å². The molecule has 0 spiro atoms. The summed E-state index contributed by atoms with van der Waals surface area (Å²) in [7, 11) is 0. The van der Waals surface area contributed by atoms with Gasteiger partial charge in [-0.1, -0.05) is 47.5 Å². The molecule has 2 atom stereocenters. The molecule has 0 aromatic heterocycles. The highest BCUT2D eigenvalue weighted by atomic mass is 35.5. The van der Waals surface area contributed by atoms with E-state index >= 15 is 0 Å². The summed E-state index contributed by atoms with van der Waals surface area (Å²) in [5.74, 6) is 0.868. The van der Waals surface area contributed by atoms with Crippen LogP contribution in [0.2, 0.25) is 10.0 Å². The van der Waals surface area contributed by atoms with Crippen LogP contribution in [-0.2, 0) is 4.74 Å². The van der Waals surface area contributed by atoms with E-state index in [1.165, 1.54) is 0 Å². The van der Waals surface area contributed by atoms with Crippen LogP contribution in [0.1, 0.15) is 56.6 Å². The molecule has 2 aromatic carbocycles. The van der Waals surface area contributed by atoms with Gasteiger partial charge in [0.05, 0.1) is 10.0 Å². The normalized spacial score (nSPS) is 20.3. The number of ether oxygens (including phenoxy) is 1. The SMILES string of the molecule is CC(C)(C)OC(=O)N1CCC(c2cccc(O)c2Cl)C1.Oc1cccc(C2CCNC2)c1Cl. The van der Waals surface area contributed by atoms with Gasteiger partial charge in [0.25, 0.3) is 0 Å². The van der Waals surface area contributed by atoms with Gasteiger partial charge < -0.3 is 25.2 Å². The van der Waals surface area contributed by atoms with Gasteiger partial charge in [-0.25, -0.2) is 4.79 Å². The van der Waals surface area contributed by atoms with Crippen LogP contribution >= 0.6 is 23.2 Å². The smallest absolute Gasteiger partial charge is 0.410 e. The number of hydrogen-bond donors (Lipinski definition) is 3. The zero-order chi connectivity index (χ0) is 24.2. The van der Waals surface area contributed by atoms with Crippen molar-refractivity contribution in [1.29, 1.82) is 0 Å². The summed E-state index contributed by atoms with van der Waals surface area (Å²) in [6, 6.07) is 10.7. The summed E-state index contributed by atoms with van der Waals surface area (Å²) in [4.78, 5) is 13.7. The number of halogens is 2. The first-order valence-electron chi connectivity index (χ1n) is 11.2. The highest BCUT2D eigenvalue weighted by Gasteiger charge is 2.31. The van der Waals surface area contributed by atoms with Gasteiger partial charge in [0.2, 0.25) is 0 Å². The molecule has 6 nitrogen and oxygen atoms in total. The predicted molar refractivity (Wildman–Crippen MR) is 132 cm³/mol. The second-order valence-electron chi connectivity index (χ2n) is 9.46. The number of rotatable bonds is 2. The molecule has 2 aliphatic rings. The average molecular weight is 495 g/mol. The molecule has 4 rings (SSSR count). The first kappa shape index (κ1) is 25.5. The van der Waals surface area contributed by atoms with Crippen LogP contribution in [0.25, 0.3) is 0 Å². The molecular formula is C25H32Cl2N2O4. The third-order valence-corrected chi connectivity index (χ3v) is 6.62. The summed E-state index contributed by atoms with van der Waals surface area (Å²) >= 11 is 12.1. The summed E-state index contributed by atoms with van der Waals surface area (Å²) < 4.78 is 5.36. The quantitative estimate of drug-likeness (QED) is 0.484. The van der Waals surface area contributed by atoms with E-state index < -0.39 is 5.60 Å². The fraction of sp³-hybridized carbons (Fsp3) is 0.480. The second kappa shape index (κ2) is 10.9. The van der Waals surface area contributed by atoms with Crippen molar-refractivity contribution in [3.8, 4) is 11.5 Å². The Morgan fingerprint density at radius 3 is 2.09 bits per heavy atom. The van der Waals surface area contributed by atoms with Crippen molar-refractivity contribution in [1.82, 2.24) is 10.2 Å². The lowest BCUT2D eigenvalue weighted by Gasteiger charge is -2.24. The van der Waals surface area contributed by atoms with Crippen molar-refractivity contribution >= 4 is 29.3 Å². The van der Waals surface area contributed by atoms with Crippen LogP contribution in [0.3, 0.4) is 0 Å². The Labute approximate surface area is 205 Å². The Morgan fingerprint density at radius 1 is 1.00 bits per heavy atom. The molecule has 33 heavy (non-hydrogen) atoms. The molecule has 1 amide bonds. The van der Waals surface area contributed by atoms with Gasteiger partial charge in [0.1, 0.15) is 17.1 Å². The molecule has 3 N–H and O–H groups in total. The van der Waals surface area contributed by atoms with Crippen LogP contribution in [0.15, 0.2) is 36.4 Å². The van der Waals surface area contributed by atoms with E-state index in [9.17, 15) is 15.0 Å². The van der Waals surface area contributed by atoms with Crippen molar-refractivity contribution in [3.05, 3.63) is 57.6 Å². The molecule has 0 aliphatic carbocycles. The van der Waals surface area contributed by atoms with Crippen LogP contribution in [0.4, 0.5) is 4.79 Å². The number of nitrogens with one attached hydrogen (secondary N) is 1. The number of nitrogens with zero attached hydrogens (tertiary/aromatic N) is 1. The molecule has 2 aromatic rings. The number of phenols is 2. The van der Waals surface area contributed by atoms with Crippen molar-refractivity contribution in [2.75, 3.05) is 26.2 Å². The van der Waals surface area contributed by atoms with Crippen molar-refractivity contribution in [2.24, 2.45) is 0 Å². The Balaban J connectivity index is 0.000000203. The number of carbonyl (C=O) groups excluding carboxylic acids is 1. The first-order chi connectivity index (χ1) is 15.6. The number of benzene rings is 2. The van der Waals surface area contributed by atoms with Gasteiger partial charge >= 0.3 is 6.09 Å². The molecular weight excluding hydrogens is 463 g/mol. The minimum atomic E-state index is -0.488. The van der Waals surface area contributed by atoms with Crippen LogP contribution < -0.4 is 5.32 Å². The summed E-state index contributed by atoms with van der Waals surface area (Å²) in [6.07, 6.45) is 1.63. The van der Waals surface area contributed by atoms with Crippen molar-refractivity contribution < 1.29 is 19.7 Å². The number of hydrogen-bond acceptors (Lipinski definition) is 5. The molecule has 2 aliphatic heterocycles. The molecule has 2 heterocycles. The zero-order valence-corrected chi connectivity index (χ0v) is 20.8. The summed E-state index contributed by atoms with van der Waals surface area (Å²) in [5.41, 5.74) is 1.46. The Morgan fingerprint density at radius 2 is 1.58 bits per heavy atom. The number of likely N-dealkylation sites (tertiary alicyclic amines) is 1. The van der Waals surface area contributed by atoms with Crippen molar-refractivity contribution in [3.63, 3.8) is 0 Å². The maximum Gasteiger partial charge on any atom is 0.410 e. The van der Waals surface area contributed by atoms with Crippen LogP contribution in [0.5, 0.6) is 11.5 Å². The highest BCUT2D eigenvalue weighted by Crippen LogP contribution is 2.37. The van der Waals surface area contributed by atoms with Gasteiger partial charge in [0, 0.05) is 25.6 Å². The van der Waals surface area contributed by atoms with Crippen LogP contribution in [-0.4, -0.2) is 53.0 Å². The minimum absolute atomic E-state index is 0.0832. The van der Waals surface area contributed by atoms with E-state index in [4.69, 9.17) is 27.9 Å². The fourth-order valence-electron chi connectivity index (χ4n) is 4.13. The molecule has 8 heteroatoms. The van der Waals surface area contributed by atoms with E-state index in [1.807, 2.05) is 39.0 Å². The average Bonchev–Trinajstić information content (AvgIpc) is 3.44. The predicted octanol–water partition coefficient (Wildman–Crippen LogP) is 5.89. The zero-order valence-electron chi connectivity index (χ0n) is 19.3. The lowest BCUT2D eigenvalue weighted by atomic mass is 9.98. The maximum absolute atomic E-state index is 12.0. The summed E-state index contributed by atoms with van der Waals surface area (Å²) in [5, 5.41) is 23.2. The monoisotopic (exact) mass is 494 g/mol. The topological polar surface area (TPSA) is 82.0 Å².